The number of oxime groups is 1. The maximum Gasteiger partial charge on any atom is 0.471 e. The van der Waals surface area contributed by atoms with Gasteiger partial charge in [-0.2, -0.15) is 13.2 Å². The summed E-state index contributed by atoms with van der Waals surface area (Å²) in [6, 6.07) is 8.79. The molecule has 132 valence electrons. The number of thiazole rings is 1. The first kappa shape index (κ1) is 18.4. The number of carbonyl (C=O) groups is 2. The van der Waals surface area contributed by atoms with E-state index in [0.29, 0.717) is 11.3 Å². The van der Waals surface area contributed by atoms with Gasteiger partial charge in [-0.1, -0.05) is 35.5 Å². The molecule has 0 bridgehead atoms. The number of amides is 1. The van der Waals surface area contributed by atoms with E-state index in [-0.39, 0.29) is 12.3 Å². The van der Waals surface area contributed by atoms with Crippen molar-refractivity contribution in [3.63, 3.8) is 0 Å². The highest BCUT2D eigenvalue weighted by molar-refractivity contribution is 7.14. The minimum absolute atomic E-state index is 0.000571. The third-order valence-electron chi connectivity index (χ3n) is 2.66. The summed E-state index contributed by atoms with van der Waals surface area (Å²) in [6.07, 6.45) is -5.08. The van der Waals surface area contributed by atoms with E-state index in [1.54, 1.807) is 30.3 Å². The van der Waals surface area contributed by atoms with Gasteiger partial charge in [-0.05, 0) is 5.56 Å². The Balaban J connectivity index is 2.09. The van der Waals surface area contributed by atoms with E-state index in [0.717, 1.165) is 10.9 Å². The number of carboxylic acid groups (broad SMARTS) is 1. The average molecular weight is 373 g/mol. The SMILES string of the molecule is O=C(O)/C(=N/OCc1ccccc1)c1csc(NC(=O)C(F)(F)F)n1. The molecule has 0 aliphatic heterocycles. The van der Waals surface area contributed by atoms with Crippen LogP contribution in [0, 0.1) is 0 Å². The van der Waals surface area contributed by atoms with E-state index >= 15 is 0 Å². The lowest BCUT2D eigenvalue weighted by molar-refractivity contribution is -0.167. The molecule has 2 rings (SSSR count). The highest BCUT2D eigenvalue weighted by Crippen LogP contribution is 2.21. The van der Waals surface area contributed by atoms with Crippen molar-refractivity contribution in [3.8, 4) is 0 Å². The van der Waals surface area contributed by atoms with Crippen LogP contribution in [-0.4, -0.2) is 33.9 Å². The van der Waals surface area contributed by atoms with Crippen LogP contribution in [0.5, 0.6) is 0 Å². The lowest BCUT2D eigenvalue weighted by Crippen LogP contribution is -2.29. The van der Waals surface area contributed by atoms with Gasteiger partial charge < -0.3 is 9.94 Å². The summed E-state index contributed by atoms with van der Waals surface area (Å²) in [5.41, 5.74) is -0.0879. The van der Waals surface area contributed by atoms with Crippen LogP contribution in [0.15, 0.2) is 40.9 Å². The number of anilines is 1. The fourth-order valence-electron chi connectivity index (χ4n) is 1.55. The second-order valence-corrected chi connectivity index (χ2v) is 5.35. The van der Waals surface area contributed by atoms with Crippen LogP contribution in [0.25, 0.3) is 0 Å². The monoisotopic (exact) mass is 373 g/mol. The Morgan fingerprint density at radius 1 is 1.28 bits per heavy atom. The van der Waals surface area contributed by atoms with Crippen LogP contribution < -0.4 is 5.32 Å². The first-order valence-corrected chi connectivity index (χ1v) is 7.46. The second kappa shape index (κ2) is 7.75. The van der Waals surface area contributed by atoms with Gasteiger partial charge in [0.1, 0.15) is 12.3 Å². The molecule has 0 aliphatic rings. The molecule has 7 nitrogen and oxygen atoms in total. The maximum absolute atomic E-state index is 12.2. The summed E-state index contributed by atoms with van der Waals surface area (Å²) in [4.78, 5) is 30.6. The molecule has 0 atom stereocenters. The zero-order chi connectivity index (χ0) is 18.4. The zero-order valence-corrected chi connectivity index (χ0v) is 13.1. The van der Waals surface area contributed by atoms with E-state index in [1.165, 1.54) is 5.32 Å². The minimum atomic E-state index is -5.08. The molecule has 0 saturated heterocycles. The van der Waals surface area contributed by atoms with Crippen LogP contribution in [0.4, 0.5) is 18.3 Å². The molecule has 11 heteroatoms. The summed E-state index contributed by atoms with van der Waals surface area (Å²) in [5, 5.41) is 14.9. The Hall–Kier alpha value is -2.95. The van der Waals surface area contributed by atoms with Crippen LogP contribution in [0.3, 0.4) is 0 Å². The summed E-state index contributed by atoms with van der Waals surface area (Å²) >= 11 is 0.627. The molecule has 25 heavy (non-hydrogen) atoms. The zero-order valence-electron chi connectivity index (χ0n) is 12.3. The van der Waals surface area contributed by atoms with E-state index in [2.05, 4.69) is 10.1 Å². The van der Waals surface area contributed by atoms with Crippen LogP contribution in [0.2, 0.25) is 0 Å². The second-order valence-electron chi connectivity index (χ2n) is 4.49. The number of carbonyl (C=O) groups excluding carboxylic acids is 1. The number of rotatable bonds is 6. The molecule has 1 amide bonds. The molecule has 0 radical (unpaired) electrons. The number of nitrogens with one attached hydrogen (secondary N) is 1. The predicted molar refractivity (Wildman–Crippen MR) is 82.2 cm³/mol. The number of aromatic nitrogens is 1. The van der Waals surface area contributed by atoms with Crippen molar-refractivity contribution in [3.05, 3.63) is 47.0 Å². The van der Waals surface area contributed by atoms with E-state index in [1.807, 2.05) is 0 Å². The van der Waals surface area contributed by atoms with Crippen molar-refractivity contribution in [2.24, 2.45) is 5.16 Å². The quantitative estimate of drug-likeness (QED) is 0.599. The fraction of sp³-hybridized carbons (Fsp3) is 0.143. The van der Waals surface area contributed by atoms with Gasteiger partial charge in [0.25, 0.3) is 0 Å². The van der Waals surface area contributed by atoms with Crippen molar-refractivity contribution < 1.29 is 32.7 Å². The van der Waals surface area contributed by atoms with Crippen LogP contribution >= 0.6 is 11.3 Å². The number of benzene rings is 1. The Morgan fingerprint density at radius 2 is 1.96 bits per heavy atom. The molecular weight excluding hydrogens is 363 g/mol. The van der Waals surface area contributed by atoms with Gasteiger partial charge in [-0.3, -0.25) is 10.1 Å². The van der Waals surface area contributed by atoms with Crippen LogP contribution in [-0.2, 0) is 21.0 Å². The first-order valence-electron chi connectivity index (χ1n) is 6.58. The van der Waals surface area contributed by atoms with Gasteiger partial charge in [-0.25, -0.2) is 9.78 Å². The van der Waals surface area contributed by atoms with Gasteiger partial charge >= 0.3 is 18.1 Å². The number of carboxylic acids is 1. The summed E-state index contributed by atoms with van der Waals surface area (Å²) in [5.74, 6) is -3.69. The lowest BCUT2D eigenvalue weighted by Gasteiger charge is -2.04. The van der Waals surface area contributed by atoms with Crippen molar-refractivity contribution in [1.82, 2.24) is 4.98 Å². The highest BCUT2D eigenvalue weighted by Gasteiger charge is 2.39. The van der Waals surface area contributed by atoms with Crippen LogP contribution in [0.1, 0.15) is 11.3 Å². The van der Waals surface area contributed by atoms with E-state index in [9.17, 15) is 22.8 Å². The Morgan fingerprint density at radius 3 is 2.56 bits per heavy atom. The number of nitrogens with zero attached hydrogens (tertiary/aromatic N) is 2. The van der Waals surface area contributed by atoms with Crippen molar-refractivity contribution in [1.29, 1.82) is 0 Å². The largest absolute Gasteiger partial charge is 0.476 e. The Labute approximate surface area is 142 Å². The minimum Gasteiger partial charge on any atom is -0.476 e. The van der Waals surface area contributed by atoms with Crippen molar-refractivity contribution >= 4 is 34.1 Å². The van der Waals surface area contributed by atoms with Gasteiger partial charge in [0.2, 0.25) is 5.71 Å². The molecule has 0 aliphatic carbocycles. The standard InChI is InChI=1S/C14H10F3N3O4S/c15-14(16,17)12(23)19-13-18-9(7-25-13)10(11(21)22)20-24-6-8-4-2-1-3-5-8/h1-5,7H,6H2,(H,21,22)(H,18,19,23)/b20-10+. The molecule has 0 spiro atoms. The number of halogens is 3. The molecule has 0 saturated carbocycles. The van der Waals surface area contributed by atoms with Gasteiger partial charge in [0.15, 0.2) is 5.13 Å². The van der Waals surface area contributed by atoms with Gasteiger partial charge in [0, 0.05) is 5.38 Å². The number of alkyl halides is 3. The third kappa shape index (κ3) is 5.28. The molecule has 2 aromatic rings. The summed E-state index contributed by atoms with van der Waals surface area (Å²) in [6.45, 7) is -0.000571. The molecular formula is C14H10F3N3O4S. The van der Waals surface area contributed by atoms with Crippen molar-refractivity contribution in [2.75, 3.05) is 5.32 Å². The summed E-state index contributed by atoms with van der Waals surface area (Å²) in [7, 11) is 0. The number of aliphatic carboxylic acids is 1. The molecule has 0 fully saturated rings. The van der Waals surface area contributed by atoms with Crippen molar-refractivity contribution in [2.45, 2.75) is 12.8 Å². The third-order valence-corrected chi connectivity index (χ3v) is 3.41. The fourth-order valence-corrected chi connectivity index (χ4v) is 2.24. The lowest BCUT2D eigenvalue weighted by atomic mass is 10.2. The highest BCUT2D eigenvalue weighted by atomic mass is 32.1. The number of hydrogen-bond acceptors (Lipinski definition) is 6. The molecule has 0 unspecified atom stereocenters. The first-order chi connectivity index (χ1) is 11.8. The predicted octanol–water partition coefficient (Wildman–Crippen LogP) is 2.65. The smallest absolute Gasteiger partial charge is 0.471 e. The molecule has 2 N–H and O–H groups in total. The molecule has 1 aromatic heterocycles. The maximum atomic E-state index is 12.2. The van der Waals surface area contributed by atoms with E-state index < -0.39 is 28.9 Å². The number of hydrogen-bond donors (Lipinski definition) is 2. The van der Waals surface area contributed by atoms with Gasteiger partial charge in [-0.15, -0.1) is 11.3 Å². The van der Waals surface area contributed by atoms with E-state index in [4.69, 9.17) is 9.94 Å². The summed E-state index contributed by atoms with van der Waals surface area (Å²) < 4.78 is 36.5. The normalized spacial score (nSPS) is 11.9. The Kier molecular flexibility index (Phi) is 5.70. The Bertz CT molecular complexity index is 790. The average Bonchev–Trinajstić information content (AvgIpc) is 2.99. The molecule has 1 aromatic carbocycles. The van der Waals surface area contributed by atoms with Gasteiger partial charge in [0.05, 0.1) is 0 Å². The topological polar surface area (TPSA) is 101 Å². The molecule has 1 heterocycles.